The summed E-state index contributed by atoms with van der Waals surface area (Å²) >= 11 is 6.41. The molecule has 38 heavy (non-hydrogen) atoms. The molecule has 5 rings (SSSR count). The highest BCUT2D eigenvalue weighted by molar-refractivity contribution is 6.31. The Morgan fingerprint density at radius 3 is 2.68 bits per heavy atom. The maximum atomic E-state index is 13.7. The van der Waals surface area contributed by atoms with Gasteiger partial charge < -0.3 is 19.5 Å². The van der Waals surface area contributed by atoms with Gasteiger partial charge in [-0.05, 0) is 66.4 Å². The van der Waals surface area contributed by atoms with Gasteiger partial charge in [0, 0.05) is 22.7 Å². The quantitative estimate of drug-likeness (QED) is 0.256. The monoisotopic (exact) mass is 529 g/mol. The Morgan fingerprint density at radius 1 is 1.16 bits per heavy atom. The topological polar surface area (TPSA) is 87.7 Å². The molecule has 1 aliphatic heterocycles. The molecule has 1 unspecified atom stereocenters. The Morgan fingerprint density at radius 2 is 1.95 bits per heavy atom. The minimum Gasteiger partial charge on any atom is -0.507 e. The van der Waals surface area contributed by atoms with Crippen molar-refractivity contribution < 1.29 is 19.4 Å². The third-order valence-electron chi connectivity index (χ3n) is 6.74. The van der Waals surface area contributed by atoms with E-state index in [-0.39, 0.29) is 11.7 Å². The number of hydrogen-bond donors (Lipinski definition) is 2. The van der Waals surface area contributed by atoms with Crippen LogP contribution >= 0.6 is 11.6 Å². The van der Waals surface area contributed by atoms with Crippen LogP contribution in [0.4, 0.5) is 0 Å². The Labute approximate surface area is 226 Å². The fourth-order valence-electron chi connectivity index (χ4n) is 4.81. The van der Waals surface area contributed by atoms with E-state index in [4.69, 9.17) is 21.1 Å². The van der Waals surface area contributed by atoms with Gasteiger partial charge in [-0.1, -0.05) is 48.5 Å². The van der Waals surface area contributed by atoms with Crippen molar-refractivity contribution in [3.63, 3.8) is 0 Å². The smallest absolute Gasteiger partial charge is 0.273 e. The van der Waals surface area contributed by atoms with Crippen LogP contribution in [-0.2, 0) is 6.42 Å². The van der Waals surface area contributed by atoms with Crippen LogP contribution < -0.4 is 9.47 Å². The zero-order valence-corrected chi connectivity index (χ0v) is 22.0. The van der Waals surface area contributed by atoms with Crippen molar-refractivity contribution in [3.8, 4) is 28.5 Å². The number of aromatic amines is 1. The number of nitrogens with one attached hydrogen (secondary N) is 1. The number of aromatic nitrogens is 2. The molecule has 1 aromatic heterocycles. The summed E-state index contributed by atoms with van der Waals surface area (Å²) in [5, 5.41) is 18.7. The van der Waals surface area contributed by atoms with Gasteiger partial charge in [0.2, 0.25) is 0 Å². The third-order valence-corrected chi connectivity index (χ3v) is 7.15. The van der Waals surface area contributed by atoms with E-state index < -0.39 is 6.04 Å². The van der Waals surface area contributed by atoms with Gasteiger partial charge in [0.1, 0.15) is 35.2 Å². The van der Waals surface area contributed by atoms with Gasteiger partial charge >= 0.3 is 0 Å². The predicted octanol–water partition coefficient (Wildman–Crippen LogP) is 6.11. The van der Waals surface area contributed by atoms with Crippen molar-refractivity contribution in [2.24, 2.45) is 0 Å². The zero-order chi connectivity index (χ0) is 26.8. The SMILES string of the molecule is C=CCOc1cccc(C2c3c(-c4cc(Cl)c(C)cc4O)n[nH]c3C(=O)N2CCc2ccc(OC)cc2)c1. The molecular weight excluding hydrogens is 502 g/mol. The van der Waals surface area contributed by atoms with E-state index in [1.165, 1.54) is 0 Å². The number of phenolic OH excluding ortho intramolecular Hbond substituents is 1. The Bertz CT molecular complexity index is 1500. The molecule has 2 N–H and O–H groups in total. The number of aryl methyl sites for hydroxylation is 1. The van der Waals surface area contributed by atoms with Crippen molar-refractivity contribution in [2.45, 2.75) is 19.4 Å². The molecule has 0 saturated heterocycles. The van der Waals surface area contributed by atoms with Crippen molar-refractivity contribution >= 4 is 17.5 Å². The first-order valence-corrected chi connectivity index (χ1v) is 12.6. The molecule has 1 atom stereocenters. The lowest BCUT2D eigenvalue weighted by molar-refractivity contribution is 0.0745. The molecule has 3 aromatic carbocycles. The van der Waals surface area contributed by atoms with Crippen molar-refractivity contribution in [3.05, 3.63) is 106 Å². The van der Waals surface area contributed by atoms with E-state index in [0.29, 0.717) is 52.9 Å². The zero-order valence-electron chi connectivity index (χ0n) is 21.2. The van der Waals surface area contributed by atoms with Gasteiger partial charge in [-0.2, -0.15) is 5.10 Å². The second-order valence-corrected chi connectivity index (χ2v) is 9.56. The largest absolute Gasteiger partial charge is 0.507 e. The molecule has 2 heterocycles. The van der Waals surface area contributed by atoms with Crippen LogP contribution in [0.5, 0.6) is 17.2 Å². The highest BCUT2D eigenvalue weighted by atomic mass is 35.5. The predicted molar refractivity (Wildman–Crippen MR) is 147 cm³/mol. The van der Waals surface area contributed by atoms with Crippen LogP contribution in [0.2, 0.25) is 5.02 Å². The van der Waals surface area contributed by atoms with E-state index in [1.54, 1.807) is 25.3 Å². The molecule has 0 fully saturated rings. The van der Waals surface area contributed by atoms with Gasteiger partial charge in [-0.25, -0.2) is 0 Å². The molecule has 0 bridgehead atoms. The van der Waals surface area contributed by atoms with E-state index >= 15 is 0 Å². The first-order chi connectivity index (χ1) is 18.4. The number of rotatable bonds is 9. The molecule has 0 saturated carbocycles. The molecule has 1 aliphatic rings. The second-order valence-electron chi connectivity index (χ2n) is 9.15. The number of methoxy groups -OCH3 is 1. The number of ether oxygens (including phenoxy) is 2. The van der Waals surface area contributed by atoms with Crippen molar-refractivity contribution in [1.82, 2.24) is 15.1 Å². The summed E-state index contributed by atoms with van der Waals surface area (Å²) in [6.07, 6.45) is 2.33. The number of aromatic hydroxyl groups is 1. The van der Waals surface area contributed by atoms with Crippen LogP contribution in [0.3, 0.4) is 0 Å². The maximum absolute atomic E-state index is 13.7. The summed E-state index contributed by atoms with van der Waals surface area (Å²) in [6, 6.07) is 18.3. The van der Waals surface area contributed by atoms with Crippen molar-refractivity contribution in [2.75, 3.05) is 20.3 Å². The number of carbonyl (C=O) groups is 1. The lowest BCUT2D eigenvalue weighted by atomic mass is 9.95. The molecular formula is C30H28ClN3O4. The van der Waals surface area contributed by atoms with Crippen LogP contribution in [-0.4, -0.2) is 46.4 Å². The minimum absolute atomic E-state index is 0.0483. The maximum Gasteiger partial charge on any atom is 0.273 e. The fourth-order valence-corrected chi connectivity index (χ4v) is 4.97. The highest BCUT2D eigenvalue weighted by Crippen LogP contribution is 2.45. The van der Waals surface area contributed by atoms with Crippen LogP contribution in [0, 0.1) is 6.92 Å². The van der Waals surface area contributed by atoms with E-state index in [0.717, 1.165) is 22.4 Å². The standard InChI is InChI=1S/C30H28ClN3O4/c1-4-14-38-22-7-5-6-20(16-22)29-26-27(23-17-24(31)18(2)15-25(23)35)32-33-28(26)30(36)34(29)13-12-19-8-10-21(37-3)11-9-19/h4-11,15-17,29,35H,1,12-14H2,2-3H3,(H,32,33). The number of fused-ring (bicyclic) bond motifs is 1. The van der Waals surface area contributed by atoms with E-state index in [9.17, 15) is 9.90 Å². The Kier molecular flexibility index (Phi) is 7.11. The normalized spacial score (nSPS) is 14.4. The molecule has 0 radical (unpaired) electrons. The summed E-state index contributed by atoms with van der Waals surface area (Å²) < 4.78 is 11.1. The van der Waals surface area contributed by atoms with Crippen LogP contribution in [0.1, 0.15) is 38.8 Å². The van der Waals surface area contributed by atoms with E-state index in [1.807, 2.05) is 60.4 Å². The van der Waals surface area contributed by atoms with Crippen LogP contribution in [0.15, 0.2) is 73.3 Å². The molecule has 194 valence electrons. The number of carbonyl (C=O) groups excluding carboxylic acids is 1. The first-order valence-electron chi connectivity index (χ1n) is 12.3. The van der Waals surface area contributed by atoms with Gasteiger partial charge in [0.05, 0.1) is 13.2 Å². The van der Waals surface area contributed by atoms with Gasteiger partial charge in [-0.3, -0.25) is 9.89 Å². The highest BCUT2D eigenvalue weighted by Gasteiger charge is 2.42. The first kappa shape index (κ1) is 25.4. The third kappa shape index (κ3) is 4.73. The summed E-state index contributed by atoms with van der Waals surface area (Å²) in [6.45, 7) is 6.38. The number of hydrogen-bond acceptors (Lipinski definition) is 5. The number of phenols is 1. The molecule has 7 nitrogen and oxygen atoms in total. The van der Waals surface area contributed by atoms with Crippen LogP contribution in [0.25, 0.3) is 11.3 Å². The molecule has 4 aromatic rings. The summed E-state index contributed by atoms with van der Waals surface area (Å²) in [4.78, 5) is 15.5. The summed E-state index contributed by atoms with van der Waals surface area (Å²) in [7, 11) is 1.63. The number of H-pyrrole nitrogens is 1. The lowest BCUT2D eigenvalue weighted by Gasteiger charge is -2.27. The average molecular weight is 530 g/mol. The molecule has 8 heteroatoms. The van der Waals surface area contributed by atoms with Gasteiger partial charge in [0.15, 0.2) is 0 Å². The number of halogens is 1. The van der Waals surface area contributed by atoms with E-state index in [2.05, 4.69) is 16.8 Å². The minimum atomic E-state index is -0.448. The number of benzene rings is 3. The summed E-state index contributed by atoms with van der Waals surface area (Å²) in [5.74, 6) is 1.34. The number of amides is 1. The molecule has 1 amide bonds. The Balaban J connectivity index is 1.58. The number of nitrogens with zero attached hydrogens (tertiary/aromatic N) is 2. The van der Waals surface area contributed by atoms with Gasteiger partial charge in [-0.15, -0.1) is 0 Å². The van der Waals surface area contributed by atoms with Crippen molar-refractivity contribution in [1.29, 1.82) is 0 Å². The summed E-state index contributed by atoms with van der Waals surface area (Å²) in [5.41, 5.74) is 4.75. The molecule has 0 spiro atoms. The fraction of sp³-hybridized carbons (Fsp3) is 0.200. The Hall–Kier alpha value is -4.23. The molecule has 0 aliphatic carbocycles. The second kappa shape index (κ2) is 10.6. The average Bonchev–Trinajstić information content (AvgIpc) is 3.47. The lowest BCUT2D eigenvalue weighted by Crippen LogP contribution is -2.31. The van der Waals surface area contributed by atoms with Gasteiger partial charge in [0.25, 0.3) is 5.91 Å².